The van der Waals surface area contributed by atoms with Gasteiger partial charge in [-0.15, -0.1) is 0 Å². The van der Waals surface area contributed by atoms with Gasteiger partial charge in [0.2, 0.25) is 0 Å². The lowest BCUT2D eigenvalue weighted by molar-refractivity contribution is -0.0350. The minimum atomic E-state index is -1.72. The molecule has 0 saturated heterocycles. The van der Waals surface area contributed by atoms with Crippen molar-refractivity contribution in [2.45, 2.75) is 90.1 Å². The van der Waals surface area contributed by atoms with E-state index in [4.69, 9.17) is 13.9 Å². The van der Waals surface area contributed by atoms with E-state index in [9.17, 15) is 5.11 Å². The molecule has 172 valence electrons. The van der Waals surface area contributed by atoms with Crippen LogP contribution in [-0.2, 0) is 9.16 Å². The summed E-state index contributed by atoms with van der Waals surface area (Å²) in [5.74, 6) is 0.879. The van der Waals surface area contributed by atoms with E-state index in [1.807, 2.05) is 30.3 Å². The average Bonchev–Trinajstić information content (AvgIpc) is 2.70. The van der Waals surface area contributed by atoms with Crippen molar-refractivity contribution in [3.05, 3.63) is 35.9 Å². The van der Waals surface area contributed by atoms with Gasteiger partial charge in [-0.2, -0.15) is 0 Å². The number of hydrogen-bond donors (Lipinski definition) is 1. The minimum Gasteiger partial charge on any atom is -0.494 e. The van der Waals surface area contributed by atoms with E-state index in [0.717, 1.165) is 37.4 Å². The molecule has 0 spiro atoms. The van der Waals surface area contributed by atoms with Gasteiger partial charge in [0, 0.05) is 13.7 Å². The van der Waals surface area contributed by atoms with Crippen LogP contribution in [0.15, 0.2) is 30.3 Å². The fourth-order valence-corrected chi connectivity index (χ4v) is 9.94. The molecule has 1 N–H and O–H groups in total. The van der Waals surface area contributed by atoms with E-state index in [0.29, 0.717) is 16.6 Å². The fourth-order valence-electron chi connectivity index (χ4n) is 4.44. The van der Waals surface area contributed by atoms with Crippen molar-refractivity contribution >= 4 is 14.4 Å². The lowest BCUT2D eigenvalue weighted by atomic mass is 10.2. The van der Waals surface area contributed by atoms with Crippen LogP contribution in [0.4, 0.5) is 0 Å². The number of methoxy groups -OCH3 is 1. The summed E-state index contributed by atoms with van der Waals surface area (Å²) >= 11 is 0. The Balaban J connectivity index is 2.25. The van der Waals surface area contributed by atoms with Gasteiger partial charge in [0.15, 0.2) is 14.6 Å². The molecule has 0 aromatic heterocycles. The molecule has 0 saturated carbocycles. The van der Waals surface area contributed by atoms with Crippen molar-refractivity contribution in [2.75, 3.05) is 20.3 Å². The molecule has 1 atom stereocenters. The maximum Gasteiger partial charge on any atom is 0.200 e. The normalized spacial score (nSPS) is 13.7. The summed E-state index contributed by atoms with van der Waals surface area (Å²) in [6.07, 6.45) is 7.11. The summed E-state index contributed by atoms with van der Waals surface area (Å²) in [7, 11) is -0.248. The van der Waals surface area contributed by atoms with Crippen molar-refractivity contribution in [1.82, 2.24) is 0 Å². The smallest absolute Gasteiger partial charge is 0.200 e. The molecule has 0 amide bonds. The van der Waals surface area contributed by atoms with Crippen molar-refractivity contribution in [2.24, 2.45) is 0 Å². The molecule has 0 heterocycles. The lowest BCUT2D eigenvalue weighted by Crippen LogP contribution is -2.47. The largest absolute Gasteiger partial charge is 0.494 e. The second-order valence-corrected chi connectivity index (χ2v) is 14.4. The Morgan fingerprint density at radius 2 is 1.37 bits per heavy atom. The number of hydrogen-bond acceptors (Lipinski definition) is 4. The highest BCUT2D eigenvalue weighted by Crippen LogP contribution is 2.42. The molecule has 0 radical (unpaired) electrons. The van der Waals surface area contributed by atoms with Crippen LogP contribution in [0.5, 0.6) is 5.75 Å². The third-order valence-corrected chi connectivity index (χ3v) is 12.1. The molecule has 1 unspecified atom stereocenters. The SMILES string of the molecule is COC(O)/C=C/c1ccc(OCCCCCCO[Si](C(C)C)(C(C)C)C(C)C)cc1. The number of rotatable bonds is 15. The molecular weight excluding hydrogens is 392 g/mol. The molecule has 1 rings (SSSR count). The van der Waals surface area contributed by atoms with Gasteiger partial charge in [-0.3, -0.25) is 0 Å². The first-order valence-corrected chi connectivity index (χ1v) is 13.6. The van der Waals surface area contributed by atoms with Crippen LogP contribution in [0.3, 0.4) is 0 Å². The van der Waals surface area contributed by atoms with Gasteiger partial charge in [0.1, 0.15) is 5.75 Å². The van der Waals surface area contributed by atoms with Gasteiger partial charge >= 0.3 is 0 Å². The molecule has 5 heteroatoms. The number of unbranched alkanes of at least 4 members (excludes halogenated alkanes) is 3. The van der Waals surface area contributed by atoms with Gasteiger partial charge in [-0.25, -0.2) is 0 Å². The molecular formula is C25H44O4Si. The zero-order valence-electron chi connectivity index (χ0n) is 20.2. The molecule has 0 aliphatic rings. The first-order valence-electron chi connectivity index (χ1n) is 11.5. The van der Waals surface area contributed by atoms with Crippen LogP contribution in [0.25, 0.3) is 6.08 Å². The van der Waals surface area contributed by atoms with Crippen molar-refractivity contribution in [1.29, 1.82) is 0 Å². The van der Waals surface area contributed by atoms with E-state index in [1.165, 1.54) is 20.0 Å². The zero-order chi connectivity index (χ0) is 22.6. The molecule has 0 bridgehead atoms. The fraction of sp³-hybridized carbons (Fsp3) is 0.680. The summed E-state index contributed by atoms with van der Waals surface area (Å²) in [4.78, 5) is 0. The van der Waals surface area contributed by atoms with Crippen LogP contribution >= 0.6 is 0 Å². The monoisotopic (exact) mass is 436 g/mol. The highest BCUT2D eigenvalue weighted by molar-refractivity contribution is 6.77. The van der Waals surface area contributed by atoms with Crippen molar-refractivity contribution < 1.29 is 19.0 Å². The minimum absolute atomic E-state index is 0.651. The highest BCUT2D eigenvalue weighted by Gasteiger charge is 2.44. The van der Waals surface area contributed by atoms with Crippen LogP contribution in [-0.4, -0.2) is 40.0 Å². The van der Waals surface area contributed by atoms with Gasteiger partial charge in [-0.1, -0.05) is 66.2 Å². The van der Waals surface area contributed by atoms with Gasteiger partial charge in [0.25, 0.3) is 0 Å². The predicted octanol–water partition coefficient (Wildman–Crippen LogP) is 6.80. The standard InChI is InChI=1S/C25H44O4Si/c1-20(2)30(21(3)4,22(5)6)29-19-11-9-8-10-18-28-24-15-12-23(13-16-24)14-17-25(26)27-7/h12-17,20-22,25-26H,8-11,18-19H2,1-7H3/b17-14+. The van der Waals surface area contributed by atoms with Crippen molar-refractivity contribution in [3.63, 3.8) is 0 Å². The summed E-state index contributed by atoms with van der Waals surface area (Å²) < 4.78 is 17.2. The van der Waals surface area contributed by atoms with Crippen LogP contribution in [0, 0.1) is 0 Å². The van der Waals surface area contributed by atoms with Gasteiger partial charge < -0.3 is 19.0 Å². The zero-order valence-corrected chi connectivity index (χ0v) is 21.2. The number of aliphatic hydroxyl groups is 1. The Morgan fingerprint density at radius 1 is 0.833 bits per heavy atom. The summed E-state index contributed by atoms with van der Waals surface area (Å²) in [5, 5.41) is 9.37. The summed E-state index contributed by atoms with van der Waals surface area (Å²) in [5.41, 5.74) is 2.95. The Hall–Kier alpha value is -1.14. The van der Waals surface area contributed by atoms with E-state index in [1.54, 1.807) is 6.08 Å². The van der Waals surface area contributed by atoms with Gasteiger partial charge in [-0.05, 0) is 59.7 Å². The molecule has 0 aliphatic heterocycles. The lowest BCUT2D eigenvalue weighted by Gasteiger charge is -2.42. The molecule has 0 fully saturated rings. The first kappa shape index (κ1) is 26.9. The summed E-state index contributed by atoms with van der Waals surface area (Å²) in [6.45, 7) is 15.7. The third kappa shape index (κ3) is 8.54. The van der Waals surface area contributed by atoms with Crippen LogP contribution < -0.4 is 4.74 Å². The molecule has 1 aromatic rings. The number of ether oxygens (including phenoxy) is 2. The quantitative estimate of drug-likeness (QED) is 0.187. The maximum absolute atomic E-state index is 9.37. The average molecular weight is 437 g/mol. The Kier molecular flexibility index (Phi) is 12.6. The topological polar surface area (TPSA) is 47.9 Å². The number of aliphatic hydroxyl groups excluding tert-OH is 1. The van der Waals surface area contributed by atoms with Gasteiger partial charge in [0.05, 0.1) is 6.61 Å². The molecule has 4 nitrogen and oxygen atoms in total. The Morgan fingerprint density at radius 3 is 1.87 bits per heavy atom. The summed E-state index contributed by atoms with van der Waals surface area (Å²) in [6, 6.07) is 7.86. The molecule has 0 aliphatic carbocycles. The van der Waals surface area contributed by atoms with E-state index in [2.05, 4.69) is 41.5 Å². The van der Waals surface area contributed by atoms with Crippen LogP contribution in [0.1, 0.15) is 72.8 Å². The maximum atomic E-state index is 9.37. The van der Waals surface area contributed by atoms with E-state index < -0.39 is 14.6 Å². The second-order valence-electron chi connectivity index (χ2n) is 8.98. The predicted molar refractivity (Wildman–Crippen MR) is 129 cm³/mol. The second kappa shape index (κ2) is 14.0. The Bertz CT molecular complexity index is 574. The third-order valence-electron chi connectivity index (χ3n) is 5.94. The number of benzene rings is 1. The van der Waals surface area contributed by atoms with E-state index >= 15 is 0 Å². The Labute approximate surface area is 185 Å². The van der Waals surface area contributed by atoms with Crippen molar-refractivity contribution in [3.8, 4) is 5.75 Å². The van der Waals surface area contributed by atoms with Crippen LogP contribution in [0.2, 0.25) is 16.6 Å². The molecule has 30 heavy (non-hydrogen) atoms. The highest BCUT2D eigenvalue weighted by atomic mass is 28.4. The van der Waals surface area contributed by atoms with E-state index in [-0.39, 0.29) is 0 Å². The molecule has 1 aromatic carbocycles. The first-order chi connectivity index (χ1) is 14.2.